The van der Waals surface area contributed by atoms with Gasteiger partial charge in [-0.25, -0.2) is 5.84 Å². The summed E-state index contributed by atoms with van der Waals surface area (Å²) in [4.78, 5) is 14.4. The number of carbonyl (C=O) groups is 1. The summed E-state index contributed by atoms with van der Waals surface area (Å²) in [6.45, 7) is 10.5. The number of carbonyl (C=O) groups excluding carboxylic acids is 1. The Hall–Kier alpha value is -1.81. The van der Waals surface area contributed by atoms with Gasteiger partial charge in [0.05, 0.1) is 5.54 Å². The first-order valence-corrected chi connectivity index (χ1v) is 7.42. The Bertz CT molecular complexity index is 590. The number of amides is 1. The molecule has 0 spiro atoms. The average Bonchev–Trinajstić information content (AvgIpc) is 2.41. The summed E-state index contributed by atoms with van der Waals surface area (Å²) in [6.07, 6.45) is 2.92. The Morgan fingerprint density at radius 1 is 1.38 bits per heavy atom. The second-order valence-corrected chi connectivity index (χ2v) is 6.30. The molecule has 1 aromatic carbocycles. The van der Waals surface area contributed by atoms with Crippen molar-refractivity contribution in [1.82, 2.24) is 5.43 Å². The number of aryl methyl sites for hydroxylation is 1. The van der Waals surface area contributed by atoms with Crippen LogP contribution in [0.4, 0.5) is 5.69 Å². The van der Waals surface area contributed by atoms with Crippen molar-refractivity contribution < 1.29 is 4.79 Å². The fourth-order valence-electron chi connectivity index (χ4n) is 3.31. The van der Waals surface area contributed by atoms with Crippen molar-refractivity contribution >= 4 is 17.2 Å². The van der Waals surface area contributed by atoms with Crippen LogP contribution in [-0.2, 0) is 4.79 Å². The molecule has 1 aliphatic heterocycles. The highest BCUT2D eigenvalue weighted by molar-refractivity contribution is 5.89. The first kappa shape index (κ1) is 15.6. The molecule has 4 heteroatoms. The number of rotatable bonds is 3. The molecule has 0 fully saturated rings. The fourth-order valence-corrected chi connectivity index (χ4v) is 3.31. The number of anilines is 1. The minimum Gasteiger partial charge on any atom is -0.350 e. The number of fused-ring (bicyclic) bond motifs is 1. The van der Waals surface area contributed by atoms with E-state index in [1.165, 1.54) is 16.7 Å². The molecule has 1 heterocycles. The Labute approximate surface area is 127 Å². The van der Waals surface area contributed by atoms with Gasteiger partial charge in [-0.2, -0.15) is 0 Å². The van der Waals surface area contributed by atoms with Crippen LogP contribution >= 0.6 is 0 Å². The van der Waals surface area contributed by atoms with E-state index in [-0.39, 0.29) is 17.5 Å². The van der Waals surface area contributed by atoms with E-state index in [1.54, 1.807) is 0 Å². The van der Waals surface area contributed by atoms with Crippen LogP contribution in [0.25, 0.3) is 5.57 Å². The summed E-state index contributed by atoms with van der Waals surface area (Å²) >= 11 is 0. The van der Waals surface area contributed by atoms with E-state index >= 15 is 0 Å². The molecule has 2 rings (SSSR count). The fraction of sp³-hybridized carbons (Fsp3) is 0.471. The number of allylic oxidation sites excluding steroid dienone is 1. The third kappa shape index (κ3) is 2.68. The van der Waals surface area contributed by atoms with Crippen molar-refractivity contribution in [1.29, 1.82) is 0 Å². The minimum atomic E-state index is -0.283. The monoisotopic (exact) mass is 287 g/mol. The van der Waals surface area contributed by atoms with Gasteiger partial charge >= 0.3 is 0 Å². The molecule has 0 unspecified atom stereocenters. The number of hydrogen-bond acceptors (Lipinski definition) is 3. The zero-order chi connectivity index (χ0) is 15.8. The molecule has 0 aromatic heterocycles. The van der Waals surface area contributed by atoms with E-state index in [1.807, 2.05) is 6.92 Å². The Kier molecular flexibility index (Phi) is 4.10. The van der Waals surface area contributed by atoms with Crippen LogP contribution in [0.3, 0.4) is 0 Å². The maximum atomic E-state index is 12.2. The quantitative estimate of drug-likeness (QED) is 0.510. The summed E-state index contributed by atoms with van der Waals surface area (Å²) in [7, 11) is 0. The predicted octanol–water partition coefficient (Wildman–Crippen LogP) is 2.77. The highest BCUT2D eigenvalue weighted by Crippen LogP contribution is 2.41. The third-order valence-electron chi connectivity index (χ3n) is 4.17. The number of nitrogens with zero attached hydrogens (tertiary/aromatic N) is 1. The molecule has 4 nitrogen and oxygen atoms in total. The van der Waals surface area contributed by atoms with Gasteiger partial charge < -0.3 is 4.90 Å². The molecular formula is C17H25N3O. The Morgan fingerprint density at radius 3 is 2.62 bits per heavy atom. The molecule has 1 aliphatic rings. The largest absolute Gasteiger partial charge is 0.350 e. The van der Waals surface area contributed by atoms with E-state index in [4.69, 9.17) is 5.84 Å². The maximum Gasteiger partial charge on any atom is 0.256 e. The van der Waals surface area contributed by atoms with Crippen molar-refractivity contribution in [3.05, 3.63) is 35.4 Å². The van der Waals surface area contributed by atoms with Crippen LogP contribution < -0.4 is 16.2 Å². The zero-order valence-corrected chi connectivity index (χ0v) is 13.5. The lowest BCUT2D eigenvalue weighted by Gasteiger charge is -2.47. The van der Waals surface area contributed by atoms with E-state index in [0.29, 0.717) is 6.42 Å². The maximum absolute atomic E-state index is 12.2. The number of nitrogens with one attached hydrogen (secondary N) is 1. The van der Waals surface area contributed by atoms with Gasteiger partial charge in [0, 0.05) is 11.3 Å². The van der Waals surface area contributed by atoms with Crippen molar-refractivity contribution in [2.75, 3.05) is 4.90 Å². The molecule has 1 amide bonds. The average molecular weight is 287 g/mol. The molecule has 0 saturated carbocycles. The number of hydrazine groups is 1. The van der Waals surface area contributed by atoms with Crippen molar-refractivity contribution in [3.63, 3.8) is 0 Å². The highest BCUT2D eigenvalue weighted by Gasteiger charge is 2.38. The van der Waals surface area contributed by atoms with E-state index in [0.717, 1.165) is 5.69 Å². The number of benzene rings is 1. The first-order chi connectivity index (χ1) is 9.81. The summed E-state index contributed by atoms with van der Waals surface area (Å²) in [5, 5.41) is 0. The predicted molar refractivity (Wildman–Crippen MR) is 87.8 cm³/mol. The summed E-state index contributed by atoms with van der Waals surface area (Å²) in [5.41, 5.74) is 6.79. The second-order valence-electron chi connectivity index (χ2n) is 6.30. The molecule has 3 N–H and O–H groups in total. The van der Waals surface area contributed by atoms with Gasteiger partial charge in [0.15, 0.2) is 0 Å². The second kappa shape index (κ2) is 5.53. The van der Waals surface area contributed by atoms with Crippen molar-refractivity contribution in [3.8, 4) is 0 Å². The van der Waals surface area contributed by atoms with Crippen LogP contribution in [0.5, 0.6) is 0 Å². The lowest BCUT2D eigenvalue weighted by molar-refractivity contribution is -0.122. The summed E-state index contributed by atoms with van der Waals surface area (Å²) < 4.78 is 0. The van der Waals surface area contributed by atoms with Gasteiger partial charge in [-0.1, -0.05) is 25.1 Å². The van der Waals surface area contributed by atoms with E-state index < -0.39 is 0 Å². The molecule has 0 radical (unpaired) electrons. The Morgan fingerprint density at radius 2 is 2.05 bits per heavy atom. The van der Waals surface area contributed by atoms with Crippen LogP contribution in [-0.4, -0.2) is 17.5 Å². The van der Waals surface area contributed by atoms with Gasteiger partial charge in [-0.15, -0.1) is 0 Å². The standard InChI is InChI=1S/C17H25N3O/c1-6-14(16(21)19-18)20-15-9-11(2)7-8-13(15)12(3)10-17(20,4)5/h7-10,14H,6,18H2,1-5H3,(H,19,21)/t14-/m1/s1. The van der Waals surface area contributed by atoms with E-state index in [2.05, 4.69) is 62.3 Å². The van der Waals surface area contributed by atoms with Crippen LogP contribution in [0.2, 0.25) is 0 Å². The lowest BCUT2D eigenvalue weighted by Crippen LogP contribution is -2.57. The lowest BCUT2D eigenvalue weighted by atomic mass is 9.86. The molecule has 0 saturated heterocycles. The highest BCUT2D eigenvalue weighted by atomic mass is 16.2. The molecule has 21 heavy (non-hydrogen) atoms. The van der Waals surface area contributed by atoms with Gasteiger partial charge in [0.25, 0.3) is 5.91 Å². The minimum absolute atomic E-state index is 0.147. The summed E-state index contributed by atoms with van der Waals surface area (Å²) in [5.74, 6) is 5.23. The normalized spacial score (nSPS) is 17.8. The first-order valence-electron chi connectivity index (χ1n) is 7.42. The van der Waals surface area contributed by atoms with Crippen molar-refractivity contribution in [2.24, 2.45) is 5.84 Å². The molecule has 0 aliphatic carbocycles. The smallest absolute Gasteiger partial charge is 0.256 e. The molecule has 0 bridgehead atoms. The van der Waals surface area contributed by atoms with Gasteiger partial charge in [0.2, 0.25) is 0 Å². The SMILES string of the molecule is CC[C@H](C(=O)NN)N1c2cc(C)ccc2C(C)=CC1(C)C. The number of nitrogens with two attached hydrogens (primary N) is 1. The molecular weight excluding hydrogens is 262 g/mol. The van der Waals surface area contributed by atoms with Crippen LogP contribution in [0.1, 0.15) is 45.2 Å². The van der Waals surface area contributed by atoms with Gasteiger partial charge in [0.1, 0.15) is 6.04 Å². The zero-order valence-electron chi connectivity index (χ0n) is 13.5. The number of hydrogen-bond donors (Lipinski definition) is 2. The Balaban J connectivity index is 2.63. The van der Waals surface area contributed by atoms with Gasteiger partial charge in [-0.3, -0.25) is 10.2 Å². The molecule has 1 atom stereocenters. The topological polar surface area (TPSA) is 58.4 Å². The van der Waals surface area contributed by atoms with Crippen LogP contribution in [0, 0.1) is 6.92 Å². The molecule has 114 valence electrons. The third-order valence-corrected chi connectivity index (χ3v) is 4.17. The van der Waals surface area contributed by atoms with Crippen LogP contribution in [0.15, 0.2) is 24.3 Å². The summed E-state index contributed by atoms with van der Waals surface area (Å²) in [6, 6.07) is 6.11. The van der Waals surface area contributed by atoms with Gasteiger partial charge in [-0.05, 0) is 51.3 Å². The van der Waals surface area contributed by atoms with Crippen molar-refractivity contribution in [2.45, 2.75) is 52.6 Å². The molecule has 1 aromatic rings. The van der Waals surface area contributed by atoms with E-state index in [9.17, 15) is 4.79 Å².